The van der Waals surface area contributed by atoms with Crippen LogP contribution in [0.4, 0.5) is 0 Å². The number of rotatable bonds is 6. The van der Waals surface area contributed by atoms with Gasteiger partial charge in [0.05, 0.1) is 5.69 Å². The van der Waals surface area contributed by atoms with Crippen LogP contribution in [0.1, 0.15) is 32.9 Å². The highest BCUT2D eigenvalue weighted by Gasteiger charge is 2.13. The average Bonchev–Trinajstić information content (AvgIpc) is 2.60. The zero-order valence-electron chi connectivity index (χ0n) is 10.2. The van der Waals surface area contributed by atoms with Crippen LogP contribution in [0.25, 0.3) is 0 Å². The zero-order chi connectivity index (χ0) is 11.3. The Morgan fingerprint density at radius 3 is 2.73 bits per heavy atom. The summed E-state index contributed by atoms with van der Waals surface area (Å²) in [5.41, 5.74) is 1.08. The van der Waals surface area contributed by atoms with Crippen LogP contribution < -0.4 is 5.32 Å². The predicted octanol–water partition coefficient (Wildman–Crippen LogP) is 1.38. The standard InChI is InChI=1S/C11H22N4/c1-5-6-12-10(3)9(2)7-11-8-15(4)14-13-11/h8-10,12H,5-7H2,1-4H3. The summed E-state index contributed by atoms with van der Waals surface area (Å²) >= 11 is 0. The van der Waals surface area contributed by atoms with E-state index in [4.69, 9.17) is 0 Å². The molecule has 0 aliphatic carbocycles. The molecular weight excluding hydrogens is 188 g/mol. The van der Waals surface area contributed by atoms with Crippen molar-refractivity contribution < 1.29 is 0 Å². The number of aryl methyl sites for hydroxylation is 1. The Morgan fingerprint density at radius 1 is 1.47 bits per heavy atom. The highest BCUT2D eigenvalue weighted by atomic mass is 15.4. The Morgan fingerprint density at radius 2 is 2.20 bits per heavy atom. The SMILES string of the molecule is CCCNC(C)C(C)Cc1cn(C)nn1. The first kappa shape index (κ1) is 12.2. The topological polar surface area (TPSA) is 42.7 Å². The van der Waals surface area contributed by atoms with E-state index in [0.29, 0.717) is 12.0 Å². The molecule has 1 aromatic heterocycles. The van der Waals surface area contributed by atoms with Gasteiger partial charge in [-0.05, 0) is 32.2 Å². The van der Waals surface area contributed by atoms with Gasteiger partial charge < -0.3 is 5.32 Å². The van der Waals surface area contributed by atoms with E-state index in [2.05, 4.69) is 36.4 Å². The number of hydrogen-bond donors (Lipinski definition) is 1. The molecule has 0 fully saturated rings. The maximum absolute atomic E-state index is 4.10. The van der Waals surface area contributed by atoms with Gasteiger partial charge in [0.2, 0.25) is 0 Å². The second-order valence-electron chi connectivity index (χ2n) is 4.31. The van der Waals surface area contributed by atoms with E-state index >= 15 is 0 Å². The first-order valence-corrected chi connectivity index (χ1v) is 5.72. The molecule has 2 atom stereocenters. The molecule has 0 bridgehead atoms. The van der Waals surface area contributed by atoms with Gasteiger partial charge in [0.25, 0.3) is 0 Å². The molecule has 1 heterocycles. The van der Waals surface area contributed by atoms with Gasteiger partial charge in [-0.3, -0.25) is 4.68 Å². The van der Waals surface area contributed by atoms with Crippen molar-refractivity contribution in [3.05, 3.63) is 11.9 Å². The van der Waals surface area contributed by atoms with Crippen molar-refractivity contribution in [1.82, 2.24) is 20.3 Å². The molecular formula is C11H22N4. The lowest BCUT2D eigenvalue weighted by molar-refractivity contribution is 0.396. The fourth-order valence-electron chi connectivity index (χ4n) is 1.57. The Kier molecular flexibility index (Phi) is 4.75. The van der Waals surface area contributed by atoms with E-state index in [9.17, 15) is 0 Å². The number of aromatic nitrogens is 3. The number of hydrogen-bond acceptors (Lipinski definition) is 3. The summed E-state index contributed by atoms with van der Waals surface area (Å²) in [6, 6.07) is 0.534. The maximum Gasteiger partial charge on any atom is 0.0830 e. The molecule has 0 radical (unpaired) electrons. The molecule has 0 amide bonds. The second-order valence-corrected chi connectivity index (χ2v) is 4.31. The van der Waals surface area contributed by atoms with Crippen LogP contribution in [0.5, 0.6) is 0 Å². The summed E-state index contributed by atoms with van der Waals surface area (Å²) in [6.07, 6.45) is 4.16. The molecule has 0 saturated carbocycles. The fraction of sp³-hybridized carbons (Fsp3) is 0.818. The minimum Gasteiger partial charge on any atom is -0.314 e. The first-order valence-electron chi connectivity index (χ1n) is 5.72. The Bertz CT molecular complexity index is 282. The smallest absolute Gasteiger partial charge is 0.0830 e. The number of nitrogens with one attached hydrogen (secondary N) is 1. The van der Waals surface area contributed by atoms with Gasteiger partial charge in [-0.2, -0.15) is 0 Å². The van der Waals surface area contributed by atoms with Crippen molar-refractivity contribution in [3.63, 3.8) is 0 Å². The van der Waals surface area contributed by atoms with E-state index < -0.39 is 0 Å². The van der Waals surface area contributed by atoms with E-state index in [-0.39, 0.29) is 0 Å². The summed E-state index contributed by atoms with van der Waals surface area (Å²) < 4.78 is 1.76. The molecule has 0 spiro atoms. The monoisotopic (exact) mass is 210 g/mol. The van der Waals surface area contributed by atoms with Crippen molar-refractivity contribution >= 4 is 0 Å². The van der Waals surface area contributed by atoms with Crippen LogP contribution in [0.2, 0.25) is 0 Å². The van der Waals surface area contributed by atoms with Gasteiger partial charge in [-0.15, -0.1) is 5.10 Å². The first-order chi connectivity index (χ1) is 7.13. The lowest BCUT2D eigenvalue weighted by Crippen LogP contribution is -2.33. The average molecular weight is 210 g/mol. The van der Waals surface area contributed by atoms with Crippen LogP contribution in [0, 0.1) is 5.92 Å². The van der Waals surface area contributed by atoms with Crippen molar-refractivity contribution in [1.29, 1.82) is 0 Å². The third-order valence-corrected chi connectivity index (χ3v) is 2.75. The minimum atomic E-state index is 0.534. The summed E-state index contributed by atoms with van der Waals surface area (Å²) in [5, 5.41) is 11.5. The summed E-state index contributed by atoms with van der Waals surface area (Å²) in [7, 11) is 1.90. The molecule has 4 heteroatoms. The zero-order valence-corrected chi connectivity index (χ0v) is 10.2. The maximum atomic E-state index is 4.10. The fourth-order valence-corrected chi connectivity index (χ4v) is 1.57. The Balaban J connectivity index is 2.37. The van der Waals surface area contributed by atoms with Crippen molar-refractivity contribution in [2.24, 2.45) is 13.0 Å². The van der Waals surface area contributed by atoms with Crippen LogP contribution in [0.3, 0.4) is 0 Å². The molecule has 15 heavy (non-hydrogen) atoms. The largest absolute Gasteiger partial charge is 0.314 e. The summed E-state index contributed by atoms with van der Waals surface area (Å²) in [5.74, 6) is 0.591. The molecule has 1 aromatic rings. The third kappa shape index (κ3) is 4.00. The van der Waals surface area contributed by atoms with Crippen LogP contribution in [-0.4, -0.2) is 27.6 Å². The van der Waals surface area contributed by atoms with Gasteiger partial charge in [-0.1, -0.05) is 19.1 Å². The third-order valence-electron chi connectivity index (χ3n) is 2.75. The van der Waals surface area contributed by atoms with E-state index in [0.717, 1.165) is 18.7 Å². The normalized spacial score (nSPS) is 15.2. The summed E-state index contributed by atoms with van der Waals surface area (Å²) in [4.78, 5) is 0. The highest BCUT2D eigenvalue weighted by molar-refractivity contribution is 4.94. The molecule has 0 aliphatic rings. The molecule has 2 unspecified atom stereocenters. The van der Waals surface area contributed by atoms with Gasteiger partial charge in [0, 0.05) is 19.3 Å². The Hall–Kier alpha value is -0.900. The number of nitrogens with zero attached hydrogens (tertiary/aromatic N) is 3. The molecule has 1 N–H and O–H groups in total. The molecule has 1 rings (SSSR count). The van der Waals surface area contributed by atoms with Gasteiger partial charge in [0.15, 0.2) is 0 Å². The van der Waals surface area contributed by atoms with Crippen LogP contribution >= 0.6 is 0 Å². The Labute approximate surface area is 92.1 Å². The quantitative estimate of drug-likeness (QED) is 0.771. The molecule has 0 aromatic carbocycles. The molecule has 4 nitrogen and oxygen atoms in total. The van der Waals surface area contributed by atoms with Crippen LogP contribution in [0.15, 0.2) is 6.20 Å². The van der Waals surface area contributed by atoms with Crippen molar-refractivity contribution in [3.8, 4) is 0 Å². The molecule has 86 valence electrons. The van der Waals surface area contributed by atoms with Gasteiger partial charge >= 0.3 is 0 Å². The minimum absolute atomic E-state index is 0.534. The van der Waals surface area contributed by atoms with Gasteiger partial charge in [0.1, 0.15) is 0 Å². The van der Waals surface area contributed by atoms with Gasteiger partial charge in [-0.25, -0.2) is 0 Å². The molecule has 0 saturated heterocycles. The lowest BCUT2D eigenvalue weighted by atomic mass is 9.98. The van der Waals surface area contributed by atoms with Crippen LogP contribution in [-0.2, 0) is 13.5 Å². The lowest BCUT2D eigenvalue weighted by Gasteiger charge is -2.20. The summed E-state index contributed by atoms with van der Waals surface area (Å²) in [6.45, 7) is 7.76. The predicted molar refractivity (Wildman–Crippen MR) is 61.6 cm³/mol. The van der Waals surface area contributed by atoms with E-state index in [1.54, 1.807) is 4.68 Å². The second kappa shape index (κ2) is 5.85. The van der Waals surface area contributed by atoms with E-state index in [1.165, 1.54) is 6.42 Å². The highest BCUT2D eigenvalue weighted by Crippen LogP contribution is 2.09. The van der Waals surface area contributed by atoms with Crippen molar-refractivity contribution in [2.75, 3.05) is 6.54 Å². The van der Waals surface area contributed by atoms with Crippen molar-refractivity contribution in [2.45, 2.75) is 39.7 Å². The van der Waals surface area contributed by atoms with E-state index in [1.807, 2.05) is 13.2 Å². The molecule has 0 aliphatic heterocycles.